The fraction of sp³-hybridized carbons (Fsp3) is 0.333. The number of aryl methyl sites for hydroxylation is 1. The third kappa shape index (κ3) is 4.84. The highest BCUT2D eigenvalue weighted by Crippen LogP contribution is 2.22. The predicted molar refractivity (Wildman–Crippen MR) is 71.2 cm³/mol. The molecule has 0 spiro atoms. The van der Waals surface area contributed by atoms with Crippen molar-refractivity contribution >= 4 is 23.4 Å². The first-order valence-electron chi connectivity index (χ1n) is 5.58. The van der Waals surface area contributed by atoms with E-state index in [2.05, 4.69) is 10.2 Å². The Balaban J connectivity index is 2.59. The van der Waals surface area contributed by atoms with Crippen molar-refractivity contribution in [3.8, 4) is 0 Å². The normalized spacial score (nSPS) is 9.84. The van der Waals surface area contributed by atoms with E-state index in [1.165, 1.54) is 0 Å². The average molecular weight is 267 g/mol. The van der Waals surface area contributed by atoms with E-state index in [9.17, 15) is 9.59 Å². The maximum atomic E-state index is 11.4. The number of carbonyl (C=O) groups excluding carboxylic acids is 1. The summed E-state index contributed by atoms with van der Waals surface area (Å²) in [6.07, 6.45) is 0. The summed E-state index contributed by atoms with van der Waals surface area (Å²) in [5.41, 5.74) is 4.63. The number of aliphatic carboxylic acids is 1. The van der Waals surface area contributed by atoms with Gasteiger partial charge in [-0.2, -0.15) is 0 Å². The number of rotatable bonds is 5. The molecular formula is C12H17N3O4. The van der Waals surface area contributed by atoms with Crippen LogP contribution in [0, 0.1) is 6.92 Å². The maximum Gasteiger partial charge on any atom is 0.343 e. The van der Waals surface area contributed by atoms with Crippen LogP contribution in [0.25, 0.3) is 0 Å². The summed E-state index contributed by atoms with van der Waals surface area (Å²) in [5.74, 6) is -1.16. The number of hydrogen-bond donors (Lipinski definition) is 3. The van der Waals surface area contributed by atoms with Gasteiger partial charge < -0.3 is 15.3 Å². The van der Waals surface area contributed by atoms with Crippen molar-refractivity contribution in [3.63, 3.8) is 0 Å². The molecule has 2 amide bonds. The number of carbonyl (C=O) groups is 2. The van der Waals surface area contributed by atoms with Crippen molar-refractivity contribution in [1.82, 2.24) is 5.48 Å². The Labute approximate surface area is 111 Å². The lowest BCUT2D eigenvalue weighted by Crippen LogP contribution is -2.30. The number of urea groups is 1. The Morgan fingerprint density at radius 1 is 1.37 bits per heavy atom. The molecule has 19 heavy (non-hydrogen) atoms. The van der Waals surface area contributed by atoms with Crippen LogP contribution in [0.5, 0.6) is 0 Å². The van der Waals surface area contributed by atoms with Crippen LogP contribution in [0.4, 0.5) is 16.2 Å². The molecule has 0 aliphatic rings. The minimum Gasteiger partial charge on any atom is -0.479 e. The highest BCUT2D eigenvalue weighted by atomic mass is 16.7. The van der Waals surface area contributed by atoms with Gasteiger partial charge >= 0.3 is 12.0 Å². The highest BCUT2D eigenvalue weighted by Gasteiger charge is 2.06. The van der Waals surface area contributed by atoms with E-state index in [-0.39, 0.29) is 0 Å². The largest absolute Gasteiger partial charge is 0.479 e. The minimum atomic E-state index is -1.16. The van der Waals surface area contributed by atoms with Gasteiger partial charge in [0, 0.05) is 25.5 Å². The van der Waals surface area contributed by atoms with E-state index in [4.69, 9.17) is 5.11 Å². The van der Waals surface area contributed by atoms with Crippen LogP contribution in [0.1, 0.15) is 5.56 Å². The van der Waals surface area contributed by atoms with Gasteiger partial charge in [0.25, 0.3) is 0 Å². The van der Waals surface area contributed by atoms with Gasteiger partial charge in [0.2, 0.25) is 0 Å². The molecule has 3 N–H and O–H groups in total. The topological polar surface area (TPSA) is 90.9 Å². The third-order valence-electron chi connectivity index (χ3n) is 2.31. The summed E-state index contributed by atoms with van der Waals surface area (Å²) >= 11 is 0. The van der Waals surface area contributed by atoms with Crippen molar-refractivity contribution < 1.29 is 19.5 Å². The molecule has 0 saturated carbocycles. The smallest absolute Gasteiger partial charge is 0.343 e. The lowest BCUT2D eigenvalue weighted by Gasteiger charge is -2.17. The van der Waals surface area contributed by atoms with Crippen LogP contribution >= 0.6 is 0 Å². The number of hydroxylamine groups is 1. The molecule has 7 nitrogen and oxygen atoms in total. The molecule has 7 heteroatoms. The maximum absolute atomic E-state index is 11.4. The number of anilines is 2. The van der Waals surface area contributed by atoms with Crippen LogP contribution in [-0.2, 0) is 9.63 Å². The molecule has 0 unspecified atom stereocenters. The van der Waals surface area contributed by atoms with Gasteiger partial charge in [0.15, 0.2) is 6.61 Å². The average Bonchev–Trinajstić information content (AvgIpc) is 2.30. The van der Waals surface area contributed by atoms with Gasteiger partial charge in [-0.25, -0.2) is 15.1 Å². The van der Waals surface area contributed by atoms with Crippen LogP contribution in [-0.4, -0.2) is 37.8 Å². The Morgan fingerprint density at radius 2 is 2.05 bits per heavy atom. The Bertz CT molecular complexity index is 474. The molecule has 0 aliphatic heterocycles. The van der Waals surface area contributed by atoms with Gasteiger partial charge in [0.1, 0.15) is 0 Å². The summed E-state index contributed by atoms with van der Waals surface area (Å²) in [6, 6.07) is 4.81. The molecule has 0 heterocycles. The van der Waals surface area contributed by atoms with Gasteiger partial charge in [-0.3, -0.25) is 4.84 Å². The monoisotopic (exact) mass is 267 g/mol. The summed E-state index contributed by atoms with van der Waals surface area (Å²) in [6.45, 7) is 1.37. The Morgan fingerprint density at radius 3 is 2.63 bits per heavy atom. The second-order valence-electron chi connectivity index (χ2n) is 4.13. The van der Waals surface area contributed by atoms with Gasteiger partial charge in [-0.05, 0) is 24.6 Å². The first-order valence-corrected chi connectivity index (χ1v) is 5.58. The lowest BCUT2D eigenvalue weighted by molar-refractivity contribution is -0.143. The fourth-order valence-corrected chi connectivity index (χ4v) is 1.49. The number of hydrogen-bond acceptors (Lipinski definition) is 4. The van der Waals surface area contributed by atoms with Crippen LogP contribution < -0.4 is 15.7 Å². The van der Waals surface area contributed by atoms with Crippen LogP contribution in [0.15, 0.2) is 18.2 Å². The first kappa shape index (κ1) is 14.8. The molecule has 0 radical (unpaired) electrons. The van der Waals surface area contributed by atoms with Crippen molar-refractivity contribution in [1.29, 1.82) is 0 Å². The van der Waals surface area contributed by atoms with E-state index >= 15 is 0 Å². The molecule has 0 aliphatic carbocycles. The quantitative estimate of drug-likeness (QED) is 0.697. The molecule has 0 atom stereocenters. The van der Waals surface area contributed by atoms with Crippen molar-refractivity contribution in [2.45, 2.75) is 6.92 Å². The molecular weight excluding hydrogens is 250 g/mol. The summed E-state index contributed by atoms with van der Waals surface area (Å²) < 4.78 is 0. The van der Waals surface area contributed by atoms with Crippen LogP contribution in [0.2, 0.25) is 0 Å². The third-order valence-corrected chi connectivity index (χ3v) is 2.31. The SMILES string of the molecule is Cc1ccc(NC(=O)NOCC(=O)O)cc1N(C)C. The van der Waals surface area contributed by atoms with E-state index in [1.807, 2.05) is 43.5 Å². The second kappa shape index (κ2) is 6.60. The van der Waals surface area contributed by atoms with Crippen molar-refractivity contribution in [3.05, 3.63) is 23.8 Å². The Hall–Kier alpha value is -2.28. The minimum absolute atomic E-state index is 0.589. The Kier molecular flexibility index (Phi) is 5.13. The molecule has 1 aromatic rings. The van der Waals surface area contributed by atoms with E-state index in [0.717, 1.165) is 11.3 Å². The van der Waals surface area contributed by atoms with Gasteiger partial charge in [-0.1, -0.05) is 6.07 Å². The molecule has 0 fully saturated rings. The zero-order valence-electron chi connectivity index (χ0n) is 11.1. The number of carboxylic acids is 1. The number of carboxylic acid groups (broad SMARTS) is 1. The van der Waals surface area contributed by atoms with Crippen LogP contribution in [0.3, 0.4) is 0 Å². The number of nitrogens with zero attached hydrogens (tertiary/aromatic N) is 1. The zero-order chi connectivity index (χ0) is 14.4. The van der Waals surface area contributed by atoms with Crippen molar-refractivity contribution in [2.24, 2.45) is 0 Å². The van der Waals surface area contributed by atoms with Crippen molar-refractivity contribution in [2.75, 3.05) is 30.9 Å². The highest BCUT2D eigenvalue weighted by molar-refractivity contribution is 5.89. The number of benzene rings is 1. The molecule has 0 aromatic heterocycles. The van der Waals surface area contributed by atoms with E-state index in [0.29, 0.717) is 5.69 Å². The number of nitrogens with one attached hydrogen (secondary N) is 2. The van der Waals surface area contributed by atoms with Gasteiger partial charge in [0.05, 0.1) is 0 Å². The molecule has 0 saturated heterocycles. The van der Waals surface area contributed by atoms with E-state index < -0.39 is 18.6 Å². The first-order chi connectivity index (χ1) is 8.90. The molecule has 104 valence electrons. The fourth-order valence-electron chi connectivity index (χ4n) is 1.49. The van der Waals surface area contributed by atoms with Gasteiger partial charge in [-0.15, -0.1) is 0 Å². The lowest BCUT2D eigenvalue weighted by atomic mass is 10.1. The standard InChI is InChI=1S/C12H17N3O4/c1-8-4-5-9(6-10(8)15(2)3)13-12(18)14-19-7-11(16)17/h4-6H,7H2,1-3H3,(H,16,17)(H2,13,14,18). The predicted octanol–water partition coefficient (Wildman–Crippen LogP) is 1.20. The molecule has 1 rings (SSSR count). The summed E-state index contributed by atoms with van der Waals surface area (Å²) in [4.78, 5) is 28.0. The molecule has 0 bridgehead atoms. The summed E-state index contributed by atoms with van der Waals surface area (Å²) in [5, 5.41) is 10.9. The summed E-state index contributed by atoms with van der Waals surface area (Å²) in [7, 11) is 3.81. The zero-order valence-corrected chi connectivity index (χ0v) is 11.1. The molecule has 1 aromatic carbocycles. The van der Waals surface area contributed by atoms with E-state index in [1.54, 1.807) is 6.07 Å². The second-order valence-corrected chi connectivity index (χ2v) is 4.13. The number of amides is 2.